The van der Waals surface area contributed by atoms with Crippen molar-refractivity contribution >= 4 is 24.4 Å². The SMILES string of the molecule is [CH]1[CH][C](C2=N[C@@H](c3ccccc3)[C@H](c3ccccc3)N2)[C](P(c2ccccc2)c2ccccc2)[CH]1. The maximum atomic E-state index is 5.30. The third-order valence-corrected chi connectivity index (χ3v) is 8.99. The summed E-state index contributed by atoms with van der Waals surface area (Å²) in [6, 6.07) is 43.1. The highest BCUT2D eigenvalue weighted by atomic mass is 31.1. The molecule has 2 nitrogen and oxygen atoms in total. The monoisotopic (exact) mass is 469 g/mol. The summed E-state index contributed by atoms with van der Waals surface area (Å²) in [6.45, 7) is 0. The maximum absolute atomic E-state index is 5.30. The minimum absolute atomic E-state index is 0.0241. The van der Waals surface area contributed by atoms with E-state index in [4.69, 9.17) is 4.99 Å². The van der Waals surface area contributed by atoms with Crippen LogP contribution in [0.2, 0.25) is 0 Å². The zero-order valence-corrected chi connectivity index (χ0v) is 20.2. The Kier molecular flexibility index (Phi) is 6.47. The first-order valence-electron chi connectivity index (χ1n) is 12.0. The lowest BCUT2D eigenvalue weighted by Crippen LogP contribution is -2.31. The first-order valence-corrected chi connectivity index (χ1v) is 13.3. The van der Waals surface area contributed by atoms with Crippen LogP contribution < -0.4 is 15.9 Å². The summed E-state index contributed by atoms with van der Waals surface area (Å²) in [5.41, 5.74) is 3.82. The topological polar surface area (TPSA) is 24.4 Å². The van der Waals surface area contributed by atoms with Crippen LogP contribution in [0.5, 0.6) is 0 Å². The molecule has 0 spiro atoms. The van der Waals surface area contributed by atoms with E-state index in [0.29, 0.717) is 0 Å². The molecule has 1 saturated carbocycles. The van der Waals surface area contributed by atoms with Gasteiger partial charge in [0.1, 0.15) is 11.9 Å². The van der Waals surface area contributed by atoms with Crippen molar-refractivity contribution in [1.29, 1.82) is 0 Å². The minimum atomic E-state index is -0.704. The van der Waals surface area contributed by atoms with E-state index < -0.39 is 7.92 Å². The lowest BCUT2D eigenvalue weighted by atomic mass is 9.95. The summed E-state index contributed by atoms with van der Waals surface area (Å²) in [7, 11) is -0.704. The van der Waals surface area contributed by atoms with E-state index in [1.165, 1.54) is 33.3 Å². The van der Waals surface area contributed by atoms with E-state index in [2.05, 4.69) is 146 Å². The lowest BCUT2D eigenvalue weighted by molar-refractivity contribution is 0.572. The third-order valence-electron chi connectivity index (χ3n) is 6.49. The highest BCUT2D eigenvalue weighted by Crippen LogP contribution is 2.57. The number of nitrogens with zero attached hydrogens (tertiary/aromatic N) is 1. The van der Waals surface area contributed by atoms with Crippen LogP contribution in [-0.2, 0) is 0 Å². The maximum Gasteiger partial charge on any atom is 0.106 e. The molecule has 4 aromatic rings. The fourth-order valence-electron chi connectivity index (χ4n) is 4.85. The van der Waals surface area contributed by atoms with Crippen LogP contribution in [0.1, 0.15) is 23.2 Å². The molecule has 6 rings (SSSR count). The predicted octanol–water partition coefficient (Wildman–Crippen LogP) is 6.34. The summed E-state index contributed by atoms with van der Waals surface area (Å²) in [5.74, 6) is 2.18. The van der Waals surface area contributed by atoms with Crippen LogP contribution in [0.15, 0.2) is 126 Å². The summed E-state index contributed by atoms with van der Waals surface area (Å²) in [4.78, 5) is 5.30. The Morgan fingerprint density at radius 1 is 0.571 bits per heavy atom. The van der Waals surface area contributed by atoms with Gasteiger partial charge in [0.25, 0.3) is 0 Å². The Labute approximate surface area is 209 Å². The van der Waals surface area contributed by atoms with Crippen molar-refractivity contribution in [1.82, 2.24) is 5.32 Å². The number of amidine groups is 1. The average Bonchev–Trinajstić information content (AvgIpc) is 3.59. The van der Waals surface area contributed by atoms with E-state index in [1.807, 2.05) is 0 Å². The van der Waals surface area contributed by atoms with Gasteiger partial charge in [-0.3, -0.25) is 4.99 Å². The van der Waals surface area contributed by atoms with Gasteiger partial charge in [-0.25, -0.2) is 0 Å². The summed E-state index contributed by atoms with van der Waals surface area (Å²) in [5, 5.41) is 6.51. The molecule has 1 fully saturated rings. The molecular weight excluding hydrogens is 443 g/mol. The van der Waals surface area contributed by atoms with Crippen LogP contribution >= 0.6 is 7.92 Å². The van der Waals surface area contributed by atoms with Crippen LogP contribution in [-0.4, -0.2) is 5.84 Å². The molecule has 4 aromatic carbocycles. The molecule has 0 bridgehead atoms. The largest absolute Gasteiger partial charge is 0.364 e. The molecule has 1 heterocycles. The van der Waals surface area contributed by atoms with Crippen LogP contribution in [0.3, 0.4) is 0 Å². The van der Waals surface area contributed by atoms with Crippen molar-refractivity contribution in [2.24, 2.45) is 4.99 Å². The van der Waals surface area contributed by atoms with E-state index in [9.17, 15) is 0 Å². The molecule has 0 amide bonds. The molecule has 1 aliphatic heterocycles. The number of benzene rings is 4. The smallest absolute Gasteiger partial charge is 0.106 e. The van der Waals surface area contributed by atoms with Crippen molar-refractivity contribution in [2.45, 2.75) is 12.1 Å². The zero-order valence-electron chi connectivity index (χ0n) is 19.3. The van der Waals surface area contributed by atoms with E-state index in [0.717, 1.165) is 5.84 Å². The Morgan fingerprint density at radius 2 is 1.09 bits per heavy atom. The molecule has 0 saturated heterocycles. The fourth-order valence-corrected chi connectivity index (χ4v) is 7.31. The lowest BCUT2D eigenvalue weighted by Gasteiger charge is -2.29. The van der Waals surface area contributed by atoms with Crippen molar-refractivity contribution in [3.05, 3.63) is 163 Å². The van der Waals surface area contributed by atoms with Gasteiger partial charge in [0.15, 0.2) is 0 Å². The predicted molar refractivity (Wildman–Crippen MR) is 147 cm³/mol. The van der Waals surface area contributed by atoms with Gasteiger partial charge >= 0.3 is 0 Å². The Bertz CT molecular complexity index is 1220. The van der Waals surface area contributed by atoms with Gasteiger partial charge in [-0.05, 0) is 48.9 Å². The van der Waals surface area contributed by atoms with Gasteiger partial charge in [-0.1, -0.05) is 121 Å². The Balaban J connectivity index is 1.38. The molecule has 0 unspecified atom stereocenters. The summed E-state index contributed by atoms with van der Waals surface area (Å²) < 4.78 is 0. The molecule has 169 valence electrons. The first kappa shape index (κ1) is 22.3. The highest BCUT2D eigenvalue weighted by Gasteiger charge is 2.43. The number of hydrogen-bond donors (Lipinski definition) is 1. The first-order chi connectivity index (χ1) is 17.4. The number of nitrogens with one attached hydrogen (secondary N) is 1. The van der Waals surface area contributed by atoms with Crippen molar-refractivity contribution < 1.29 is 0 Å². The van der Waals surface area contributed by atoms with Crippen molar-refractivity contribution in [3.63, 3.8) is 0 Å². The van der Waals surface area contributed by atoms with Crippen LogP contribution in [0, 0.1) is 30.8 Å². The molecule has 2 aliphatic rings. The van der Waals surface area contributed by atoms with Crippen molar-refractivity contribution in [2.75, 3.05) is 0 Å². The average molecular weight is 470 g/mol. The summed E-state index contributed by atoms with van der Waals surface area (Å²) >= 11 is 0. The second kappa shape index (κ2) is 10.2. The fraction of sp³-hybridized carbons (Fsp3) is 0.0625. The second-order valence-corrected chi connectivity index (χ2v) is 10.9. The molecular formula is C32H26N2P. The molecule has 3 heteroatoms. The molecule has 5 radical (unpaired) electrons. The van der Waals surface area contributed by atoms with Gasteiger partial charge in [0.05, 0.1) is 12.0 Å². The number of rotatable bonds is 6. The van der Waals surface area contributed by atoms with Crippen molar-refractivity contribution in [3.8, 4) is 0 Å². The standard InChI is InChI=1S/C32H26N2P/c1-5-14-24(15-6-1)30-31(25-16-7-2-8-17-25)34-32(33-30)28-22-13-23-29(28)35(26-18-9-3-10-19-26)27-20-11-4-12-21-27/h1-23,30-31H,(H,33,34)/t30-,31-/m0/s1. The molecule has 35 heavy (non-hydrogen) atoms. The van der Waals surface area contributed by atoms with Gasteiger partial charge in [-0.15, -0.1) is 0 Å². The Hall–Kier alpha value is -3.22. The minimum Gasteiger partial charge on any atom is -0.364 e. The summed E-state index contributed by atoms with van der Waals surface area (Å²) in [6.07, 6.45) is 6.67. The van der Waals surface area contributed by atoms with Crippen LogP contribution in [0.4, 0.5) is 0 Å². The molecule has 1 aliphatic carbocycles. The highest BCUT2D eigenvalue weighted by molar-refractivity contribution is 7.76. The van der Waals surface area contributed by atoms with Gasteiger partial charge in [-0.2, -0.15) is 0 Å². The Morgan fingerprint density at radius 3 is 1.66 bits per heavy atom. The number of hydrogen-bond acceptors (Lipinski definition) is 2. The van der Waals surface area contributed by atoms with Gasteiger partial charge in [0, 0.05) is 5.66 Å². The quantitative estimate of drug-likeness (QED) is 0.328. The van der Waals surface area contributed by atoms with E-state index in [-0.39, 0.29) is 12.1 Å². The van der Waals surface area contributed by atoms with E-state index >= 15 is 0 Å². The molecule has 1 N–H and O–H groups in total. The second-order valence-electron chi connectivity index (χ2n) is 8.70. The molecule has 2 atom stereocenters. The molecule has 0 aromatic heterocycles. The van der Waals surface area contributed by atoms with Gasteiger partial charge in [0.2, 0.25) is 0 Å². The van der Waals surface area contributed by atoms with Gasteiger partial charge < -0.3 is 5.32 Å². The normalized spacial score (nSPS) is 20.7. The third kappa shape index (κ3) is 4.56. The van der Waals surface area contributed by atoms with Crippen LogP contribution in [0.25, 0.3) is 0 Å². The van der Waals surface area contributed by atoms with E-state index in [1.54, 1.807) is 0 Å². The zero-order chi connectivity index (χ0) is 23.5. The number of aliphatic imine (C=N–C) groups is 1.